The molecule has 4 N–H and O–H groups in total. The summed E-state index contributed by atoms with van der Waals surface area (Å²) in [7, 11) is 1.29. The molecule has 8 nitrogen and oxygen atoms in total. The van der Waals surface area contributed by atoms with Crippen LogP contribution >= 0.6 is 11.6 Å². The third-order valence-electron chi connectivity index (χ3n) is 4.09. The zero-order chi connectivity index (χ0) is 22.5. The van der Waals surface area contributed by atoms with E-state index >= 15 is 0 Å². The topological polar surface area (TPSA) is 130 Å². The first-order valence-electron chi connectivity index (χ1n) is 8.23. The highest BCUT2D eigenvalue weighted by molar-refractivity contribution is 6.31. The van der Waals surface area contributed by atoms with Crippen LogP contribution in [0.25, 0.3) is 0 Å². The summed E-state index contributed by atoms with van der Waals surface area (Å²) in [4.78, 5) is 27.8. The van der Waals surface area contributed by atoms with Gasteiger partial charge in [0.05, 0.1) is 17.7 Å². The molecular formula is C19H16ClF2N5O3. The van der Waals surface area contributed by atoms with E-state index in [0.29, 0.717) is 0 Å². The number of nitrogens with one attached hydrogen (secondary N) is 2. The predicted octanol–water partition coefficient (Wildman–Crippen LogP) is 3.03. The third-order valence-corrected chi connectivity index (χ3v) is 4.36. The molecular weight excluding hydrogens is 420 g/mol. The van der Waals surface area contributed by atoms with E-state index in [4.69, 9.17) is 27.3 Å². The molecule has 0 aliphatic heterocycles. The van der Waals surface area contributed by atoms with Crippen LogP contribution in [0.2, 0.25) is 5.02 Å². The fourth-order valence-corrected chi connectivity index (χ4v) is 2.84. The lowest BCUT2D eigenvalue weighted by atomic mass is 9.90. The standard InChI is InChI=1S/C19H16ClF2N5O3/c1-3-19(9-21,27-18(24)29)12-5-11(6-13(20)15(12)22)26-17(28)16-14(30-2)4-10(7-23)8-25-16/h3-6,8H,1,9H2,2H3,(H,26,28)(H3,24,27,29). The number of anilines is 1. The molecule has 0 saturated heterocycles. The van der Waals surface area contributed by atoms with Crippen LogP contribution < -0.4 is 21.1 Å². The number of nitriles is 1. The molecule has 3 amide bonds. The van der Waals surface area contributed by atoms with Gasteiger partial charge in [-0.15, -0.1) is 6.58 Å². The number of carbonyl (C=O) groups excluding carboxylic acids is 2. The van der Waals surface area contributed by atoms with Gasteiger partial charge in [0.1, 0.15) is 24.1 Å². The quantitative estimate of drug-likeness (QED) is 0.575. The second-order valence-electron chi connectivity index (χ2n) is 5.96. The van der Waals surface area contributed by atoms with E-state index in [2.05, 4.69) is 22.2 Å². The molecule has 1 unspecified atom stereocenters. The molecule has 2 rings (SSSR count). The van der Waals surface area contributed by atoms with Crippen molar-refractivity contribution < 1.29 is 23.1 Å². The van der Waals surface area contributed by atoms with Gasteiger partial charge < -0.3 is 21.1 Å². The average molecular weight is 436 g/mol. The predicted molar refractivity (Wildman–Crippen MR) is 105 cm³/mol. The lowest BCUT2D eigenvalue weighted by Gasteiger charge is -2.29. The summed E-state index contributed by atoms with van der Waals surface area (Å²) in [6.07, 6.45) is 2.13. The molecule has 30 heavy (non-hydrogen) atoms. The number of aromatic nitrogens is 1. The molecule has 0 radical (unpaired) electrons. The molecule has 0 aliphatic rings. The van der Waals surface area contributed by atoms with Crippen LogP contribution in [0.4, 0.5) is 19.3 Å². The Hall–Kier alpha value is -3.71. The fraction of sp³-hybridized carbons (Fsp3) is 0.158. The van der Waals surface area contributed by atoms with Gasteiger partial charge in [0, 0.05) is 23.5 Å². The minimum atomic E-state index is -2.01. The number of pyridine rings is 1. The molecule has 0 spiro atoms. The number of methoxy groups -OCH3 is 1. The van der Waals surface area contributed by atoms with Crippen LogP contribution in [0.3, 0.4) is 0 Å². The fourth-order valence-electron chi connectivity index (χ4n) is 2.62. The maximum Gasteiger partial charge on any atom is 0.313 e. The van der Waals surface area contributed by atoms with E-state index in [-0.39, 0.29) is 22.7 Å². The Labute approximate surface area is 175 Å². The summed E-state index contributed by atoms with van der Waals surface area (Å²) in [5.74, 6) is -1.77. The number of amides is 3. The van der Waals surface area contributed by atoms with Gasteiger partial charge in [0.15, 0.2) is 11.4 Å². The molecule has 1 atom stereocenters. The molecule has 0 bridgehead atoms. The Morgan fingerprint density at radius 2 is 2.17 bits per heavy atom. The number of ether oxygens (including phenoxy) is 1. The normalized spacial score (nSPS) is 12.2. The van der Waals surface area contributed by atoms with Crippen molar-refractivity contribution >= 4 is 29.2 Å². The molecule has 0 fully saturated rings. The summed E-state index contributed by atoms with van der Waals surface area (Å²) >= 11 is 5.90. The molecule has 11 heteroatoms. The minimum absolute atomic E-state index is 0.0273. The summed E-state index contributed by atoms with van der Waals surface area (Å²) in [5, 5.41) is 13.0. The van der Waals surface area contributed by atoms with Crippen molar-refractivity contribution in [3.8, 4) is 11.8 Å². The first-order valence-corrected chi connectivity index (χ1v) is 8.61. The summed E-state index contributed by atoms with van der Waals surface area (Å²) in [6.45, 7) is 2.14. The maximum absolute atomic E-state index is 14.6. The number of primary amides is 1. The van der Waals surface area contributed by atoms with Crippen LogP contribution in [0.1, 0.15) is 21.6 Å². The summed E-state index contributed by atoms with van der Waals surface area (Å²) < 4.78 is 33.5. The van der Waals surface area contributed by atoms with Gasteiger partial charge in [0.25, 0.3) is 5.91 Å². The van der Waals surface area contributed by atoms with E-state index in [1.165, 1.54) is 19.4 Å². The Bertz CT molecular complexity index is 1060. The van der Waals surface area contributed by atoms with Crippen molar-refractivity contribution in [3.63, 3.8) is 0 Å². The maximum atomic E-state index is 14.6. The molecule has 0 saturated carbocycles. The molecule has 1 aromatic heterocycles. The minimum Gasteiger partial charge on any atom is -0.494 e. The van der Waals surface area contributed by atoms with Gasteiger partial charge in [-0.25, -0.2) is 18.6 Å². The number of alkyl halides is 1. The highest BCUT2D eigenvalue weighted by Gasteiger charge is 2.35. The number of carbonyl (C=O) groups is 2. The smallest absolute Gasteiger partial charge is 0.313 e. The SMILES string of the molecule is C=CC(CF)(NC(N)=O)c1cc(NC(=O)c2ncc(C#N)cc2OC)cc(Cl)c1F. The van der Waals surface area contributed by atoms with Crippen molar-refractivity contribution in [2.45, 2.75) is 5.54 Å². The molecule has 156 valence electrons. The van der Waals surface area contributed by atoms with Gasteiger partial charge in [-0.2, -0.15) is 5.26 Å². The monoisotopic (exact) mass is 435 g/mol. The van der Waals surface area contributed by atoms with Crippen LogP contribution in [0, 0.1) is 17.1 Å². The number of halogens is 3. The molecule has 1 aromatic carbocycles. The number of nitrogens with zero attached hydrogens (tertiary/aromatic N) is 2. The second kappa shape index (κ2) is 9.19. The van der Waals surface area contributed by atoms with Crippen molar-refractivity contribution in [2.75, 3.05) is 19.1 Å². The first-order chi connectivity index (χ1) is 14.2. The van der Waals surface area contributed by atoms with Gasteiger partial charge in [0.2, 0.25) is 0 Å². The zero-order valence-electron chi connectivity index (χ0n) is 15.6. The van der Waals surface area contributed by atoms with Crippen molar-refractivity contribution in [2.24, 2.45) is 5.73 Å². The lowest BCUT2D eigenvalue weighted by Crippen LogP contribution is -2.49. The number of urea groups is 1. The van der Waals surface area contributed by atoms with Crippen LogP contribution in [-0.4, -0.2) is 30.7 Å². The Morgan fingerprint density at radius 1 is 1.47 bits per heavy atom. The van der Waals surface area contributed by atoms with Crippen LogP contribution in [0.15, 0.2) is 37.1 Å². The van der Waals surface area contributed by atoms with E-state index in [9.17, 15) is 18.4 Å². The van der Waals surface area contributed by atoms with Crippen molar-refractivity contribution in [1.29, 1.82) is 5.26 Å². The van der Waals surface area contributed by atoms with E-state index < -0.39 is 40.6 Å². The number of hydrogen-bond acceptors (Lipinski definition) is 5. The van der Waals surface area contributed by atoms with Gasteiger partial charge in [-0.3, -0.25) is 4.79 Å². The Balaban J connectivity index is 2.50. The van der Waals surface area contributed by atoms with Crippen LogP contribution in [0.5, 0.6) is 5.75 Å². The summed E-state index contributed by atoms with van der Waals surface area (Å²) in [6, 6.07) is 4.22. The highest BCUT2D eigenvalue weighted by atomic mass is 35.5. The lowest BCUT2D eigenvalue weighted by molar-refractivity contribution is 0.101. The van der Waals surface area contributed by atoms with E-state index in [1.54, 1.807) is 0 Å². The Kier molecular flexibility index (Phi) is 6.92. The number of benzene rings is 1. The molecule has 0 aliphatic carbocycles. The van der Waals surface area contributed by atoms with Gasteiger partial charge >= 0.3 is 6.03 Å². The number of hydrogen-bond donors (Lipinski definition) is 3. The van der Waals surface area contributed by atoms with E-state index in [1.807, 2.05) is 6.07 Å². The third kappa shape index (κ3) is 4.47. The second-order valence-corrected chi connectivity index (χ2v) is 6.37. The van der Waals surface area contributed by atoms with Crippen molar-refractivity contribution in [1.82, 2.24) is 10.3 Å². The van der Waals surface area contributed by atoms with Gasteiger partial charge in [-0.1, -0.05) is 17.7 Å². The number of nitrogens with two attached hydrogens (primary N) is 1. The highest BCUT2D eigenvalue weighted by Crippen LogP contribution is 2.33. The van der Waals surface area contributed by atoms with E-state index in [0.717, 1.165) is 18.2 Å². The molecule has 2 aromatic rings. The largest absolute Gasteiger partial charge is 0.494 e. The molecule has 1 heterocycles. The number of rotatable bonds is 7. The van der Waals surface area contributed by atoms with Gasteiger partial charge in [-0.05, 0) is 12.1 Å². The summed E-state index contributed by atoms with van der Waals surface area (Å²) in [5.41, 5.74) is 2.65. The zero-order valence-corrected chi connectivity index (χ0v) is 16.4. The average Bonchev–Trinajstić information content (AvgIpc) is 2.73. The van der Waals surface area contributed by atoms with Crippen LogP contribution in [-0.2, 0) is 5.54 Å². The first kappa shape index (κ1) is 22.6. The van der Waals surface area contributed by atoms with Crippen molar-refractivity contribution in [3.05, 3.63) is 64.7 Å². The Morgan fingerprint density at radius 3 is 2.70 bits per heavy atom.